The largest absolute Gasteiger partial charge is 0.457 e. The van der Waals surface area contributed by atoms with E-state index in [0.717, 1.165) is 109 Å². The third kappa shape index (κ3) is 19.8. The van der Waals surface area contributed by atoms with Crippen LogP contribution in [0, 0.1) is 0 Å². The Bertz CT molecular complexity index is 1680. The maximum absolute atomic E-state index is 13.7. The lowest BCUT2D eigenvalue weighted by atomic mass is 9.95. The molecule has 0 amide bonds. The highest BCUT2D eigenvalue weighted by Crippen LogP contribution is 2.37. The normalized spacial score (nSPS) is 39.0. The van der Waals surface area contributed by atoms with E-state index >= 15 is 0 Å². The van der Waals surface area contributed by atoms with Gasteiger partial charge >= 0.3 is 17.9 Å². The molecule has 0 aromatic heterocycles. The predicted octanol–water partition coefficient (Wildman–Crippen LogP) is 5.21. The van der Waals surface area contributed by atoms with Crippen LogP contribution in [0.2, 0.25) is 0 Å². The molecule has 0 aliphatic carbocycles. The summed E-state index contributed by atoms with van der Waals surface area (Å²) in [5.74, 6) is -1.91. The Balaban J connectivity index is 1.38. The summed E-state index contributed by atoms with van der Waals surface area (Å²) >= 11 is 0. The molecule has 7 N–H and O–H groups in total. The van der Waals surface area contributed by atoms with Crippen molar-refractivity contribution in [2.24, 2.45) is 0 Å². The first-order chi connectivity index (χ1) is 37.0. The SMILES string of the molecule is CCCCCCCC(=O)O[C@@H]1[C@@H](O)[C@@H](O)[C@H](O[C@@H]2[C@@H](O)[C@@H](OC(=O)CCCCCCC)[C@H](O[C@@H]3[C@@H](O)[C@H]4OC(=O)CCCCCCCCC[C@H](CCCCC)O[C@@H]5O[C@H](CO)[C@@H](O)[C@H](O)[C@H]5O[C@@H]4O[C@H]3C)O[C@H]2C)O[C@H]1C. The zero-order chi connectivity index (χ0) is 56.0. The first-order valence-corrected chi connectivity index (χ1v) is 29.5. The van der Waals surface area contributed by atoms with Crippen LogP contribution in [0.3, 0.4) is 0 Å². The van der Waals surface area contributed by atoms with Crippen LogP contribution in [-0.4, -0.2) is 189 Å². The zero-order valence-electron chi connectivity index (χ0n) is 46.9. The van der Waals surface area contributed by atoms with E-state index in [0.29, 0.717) is 32.1 Å². The molecule has 5 aliphatic heterocycles. The van der Waals surface area contributed by atoms with Gasteiger partial charge in [0.25, 0.3) is 0 Å². The standard InChI is InChI=1S/C56H98O21/c1-7-10-13-18-24-29-38(58)72-47-33(4)67-53(44(64)43(47)63)75-48-34(5)68-54(51(45(48)65)73-39(59)30-25-19-14-11-8-2)76-49-35(6)69-55-52(46(49)66)74-40(60)31-26-21-17-15-16-20-23-28-36(27-22-12-9-3)70-56-50(77-55)42(62)41(61)37(32-57)71-56/h33-37,41-57,61-66H,7-32H2,1-6H3/t33-,34-,35-,36-,37+,41+,42-,43-,44+,45+,46+,47-,48-,49-,50+,51+,52+,53-,54-,55-,56+/m0/s1. The third-order valence-corrected chi connectivity index (χ3v) is 15.6. The topological polar surface area (TPSA) is 294 Å². The molecule has 0 radical (unpaired) electrons. The van der Waals surface area contributed by atoms with Gasteiger partial charge in [0.1, 0.15) is 61.0 Å². The van der Waals surface area contributed by atoms with Crippen LogP contribution in [0.15, 0.2) is 0 Å². The molecule has 21 atom stereocenters. The number of unbranched alkanes of at least 4 members (excludes halogenated alkanes) is 10. The van der Waals surface area contributed by atoms with E-state index in [4.69, 9.17) is 52.1 Å². The molecule has 5 saturated heterocycles. The Labute approximate surface area is 456 Å². The van der Waals surface area contributed by atoms with Gasteiger partial charge in [-0.05, 0) is 52.9 Å². The molecule has 0 unspecified atom stereocenters. The molecule has 0 spiro atoms. The maximum Gasteiger partial charge on any atom is 0.306 e. The lowest BCUT2D eigenvalue weighted by molar-refractivity contribution is -0.388. The molecule has 0 saturated carbocycles. The minimum Gasteiger partial charge on any atom is -0.457 e. The van der Waals surface area contributed by atoms with Gasteiger partial charge in [-0.2, -0.15) is 0 Å². The van der Waals surface area contributed by atoms with E-state index in [9.17, 15) is 50.1 Å². The van der Waals surface area contributed by atoms with E-state index in [1.807, 2.05) is 0 Å². The third-order valence-electron chi connectivity index (χ3n) is 15.6. The summed E-state index contributed by atoms with van der Waals surface area (Å²) < 4.78 is 67.9. The molecule has 5 rings (SSSR count). The van der Waals surface area contributed by atoms with Crippen molar-refractivity contribution >= 4 is 17.9 Å². The zero-order valence-corrected chi connectivity index (χ0v) is 46.9. The second kappa shape index (κ2) is 34.3. The first-order valence-electron chi connectivity index (χ1n) is 29.5. The number of esters is 3. The number of aliphatic hydroxyl groups is 7. The van der Waals surface area contributed by atoms with Crippen LogP contribution in [-0.2, 0) is 66.5 Å². The summed E-state index contributed by atoms with van der Waals surface area (Å²) in [5, 5.41) is 80.0. The molecular weight excluding hydrogens is 1010 g/mol. The molecule has 448 valence electrons. The van der Waals surface area contributed by atoms with E-state index in [-0.39, 0.29) is 25.4 Å². The second-order valence-corrected chi connectivity index (χ2v) is 22.1. The smallest absolute Gasteiger partial charge is 0.306 e. The molecule has 5 fully saturated rings. The number of hydrogen-bond donors (Lipinski definition) is 7. The molecule has 0 aromatic carbocycles. The fourth-order valence-electron chi connectivity index (χ4n) is 10.9. The molecule has 0 aromatic rings. The van der Waals surface area contributed by atoms with Crippen LogP contribution in [0.1, 0.15) is 202 Å². The van der Waals surface area contributed by atoms with Crippen molar-refractivity contribution in [3.63, 3.8) is 0 Å². The highest BCUT2D eigenvalue weighted by Gasteiger charge is 2.56. The van der Waals surface area contributed by atoms with E-state index < -0.39 is 147 Å². The summed E-state index contributed by atoms with van der Waals surface area (Å²) in [6.45, 7) is 10.3. The number of carbonyl (C=O) groups is 3. The van der Waals surface area contributed by atoms with Crippen LogP contribution >= 0.6 is 0 Å². The van der Waals surface area contributed by atoms with E-state index in [1.165, 1.54) is 6.92 Å². The van der Waals surface area contributed by atoms with Gasteiger partial charge in [0.05, 0.1) is 31.0 Å². The average molecular weight is 1110 g/mol. The van der Waals surface area contributed by atoms with Gasteiger partial charge in [0.15, 0.2) is 43.5 Å². The highest BCUT2D eigenvalue weighted by molar-refractivity contribution is 5.70. The molecule has 5 aliphatic rings. The van der Waals surface area contributed by atoms with Crippen LogP contribution in [0.25, 0.3) is 0 Å². The van der Waals surface area contributed by atoms with Crippen molar-refractivity contribution in [1.82, 2.24) is 0 Å². The first kappa shape index (κ1) is 65.6. The van der Waals surface area contributed by atoms with E-state index in [2.05, 4.69) is 20.8 Å². The maximum atomic E-state index is 13.7. The van der Waals surface area contributed by atoms with Crippen molar-refractivity contribution < 1.29 is 102 Å². The predicted molar refractivity (Wildman–Crippen MR) is 276 cm³/mol. The summed E-state index contributed by atoms with van der Waals surface area (Å²) in [7, 11) is 0. The van der Waals surface area contributed by atoms with Crippen LogP contribution in [0.5, 0.6) is 0 Å². The van der Waals surface area contributed by atoms with Gasteiger partial charge in [0.2, 0.25) is 0 Å². The Hall–Kier alpha value is -2.19. The minimum atomic E-state index is -1.76. The molecule has 5 heterocycles. The van der Waals surface area contributed by atoms with Crippen molar-refractivity contribution in [3.8, 4) is 0 Å². The quantitative estimate of drug-likeness (QED) is 0.0393. The van der Waals surface area contributed by atoms with Crippen LogP contribution in [0.4, 0.5) is 0 Å². The van der Waals surface area contributed by atoms with Gasteiger partial charge in [-0.1, -0.05) is 130 Å². The molecular formula is C56H98O21. The average Bonchev–Trinajstić information content (AvgIpc) is 3.41. The summed E-state index contributed by atoms with van der Waals surface area (Å²) in [4.78, 5) is 40.0. The Morgan fingerprint density at radius 1 is 0.494 bits per heavy atom. The lowest BCUT2D eigenvalue weighted by Gasteiger charge is -2.49. The van der Waals surface area contributed by atoms with Crippen molar-refractivity contribution in [1.29, 1.82) is 0 Å². The second-order valence-electron chi connectivity index (χ2n) is 22.1. The molecule has 21 heteroatoms. The Morgan fingerprint density at radius 2 is 1.01 bits per heavy atom. The molecule has 21 nitrogen and oxygen atoms in total. The minimum absolute atomic E-state index is 0.00175. The number of carbonyl (C=O) groups excluding carboxylic acids is 3. The number of ether oxygens (including phenoxy) is 11. The summed E-state index contributed by atoms with van der Waals surface area (Å²) in [6, 6.07) is 0. The number of aliphatic hydroxyl groups excluding tert-OH is 7. The highest BCUT2D eigenvalue weighted by atomic mass is 16.8. The van der Waals surface area contributed by atoms with Crippen molar-refractivity contribution in [3.05, 3.63) is 0 Å². The summed E-state index contributed by atoms with van der Waals surface area (Å²) in [6.07, 6.45) is -10.7. The van der Waals surface area contributed by atoms with Crippen LogP contribution < -0.4 is 0 Å². The Morgan fingerprint density at radius 3 is 1.65 bits per heavy atom. The van der Waals surface area contributed by atoms with Gasteiger partial charge in [-0.25, -0.2) is 0 Å². The molecule has 0 bridgehead atoms. The van der Waals surface area contributed by atoms with Gasteiger partial charge in [-0.3, -0.25) is 14.4 Å². The summed E-state index contributed by atoms with van der Waals surface area (Å²) in [5.41, 5.74) is 0. The van der Waals surface area contributed by atoms with Gasteiger partial charge in [-0.15, -0.1) is 0 Å². The van der Waals surface area contributed by atoms with Gasteiger partial charge < -0.3 is 87.9 Å². The molecule has 77 heavy (non-hydrogen) atoms. The fraction of sp³-hybridized carbons (Fsp3) is 0.946. The van der Waals surface area contributed by atoms with Gasteiger partial charge in [0, 0.05) is 19.3 Å². The lowest BCUT2D eigenvalue weighted by Crippen LogP contribution is -2.67. The fourth-order valence-corrected chi connectivity index (χ4v) is 10.9. The van der Waals surface area contributed by atoms with Crippen molar-refractivity contribution in [2.45, 2.75) is 331 Å². The number of hydrogen-bond acceptors (Lipinski definition) is 21. The number of rotatable bonds is 23. The Kier molecular flexibility index (Phi) is 29.2. The van der Waals surface area contributed by atoms with E-state index in [1.54, 1.807) is 13.8 Å². The monoisotopic (exact) mass is 1110 g/mol. The number of fused-ring (bicyclic) bond motifs is 2. The van der Waals surface area contributed by atoms with Crippen molar-refractivity contribution in [2.75, 3.05) is 6.61 Å².